The van der Waals surface area contributed by atoms with Crippen molar-refractivity contribution >= 4 is 23.7 Å². The summed E-state index contributed by atoms with van der Waals surface area (Å²) in [5, 5.41) is 7.11. The minimum Gasteiger partial charge on any atom is -0.311 e. The lowest BCUT2D eigenvalue weighted by atomic mass is 9.99. The zero-order valence-corrected chi connectivity index (χ0v) is 12.7. The number of hydrogen-bond donors (Lipinski definition) is 1. The Bertz CT molecular complexity index is 383. The fraction of sp³-hybridized carbons (Fsp3) is 0.769. The minimum atomic E-state index is 0. The van der Waals surface area contributed by atoms with E-state index in [1.165, 1.54) is 30.7 Å². The molecule has 5 heteroatoms. The lowest BCUT2D eigenvalue weighted by molar-refractivity contribution is 0.165. The topological polar surface area (TPSA) is 28.2 Å². The van der Waals surface area contributed by atoms with Gasteiger partial charge in [-0.15, -0.1) is 23.7 Å². The molecular weight excluding hydrogens is 266 g/mol. The van der Waals surface area contributed by atoms with Crippen molar-refractivity contribution in [3.05, 3.63) is 16.1 Å². The number of rotatable bonds is 3. The third-order valence-corrected chi connectivity index (χ3v) is 5.07. The van der Waals surface area contributed by atoms with E-state index in [4.69, 9.17) is 0 Å². The highest BCUT2D eigenvalue weighted by Gasteiger charge is 2.35. The Morgan fingerprint density at radius 3 is 2.61 bits per heavy atom. The molecule has 0 radical (unpaired) electrons. The highest BCUT2D eigenvalue weighted by Crippen LogP contribution is 2.30. The maximum atomic E-state index is 4.56. The van der Waals surface area contributed by atoms with Gasteiger partial charge in [-0.2, -0.15) is 0 Å². The van der Waals surface area contributed by atoms with Crippen molar-refractivity contribution < 1.29 is 0 Å². The minimum absolute atomic E-state index is 0. The molecule has 0 amide bonds. The van der Waals surface area contributed by atoms with Crippen LogP contribution in [-0.2, 0) is 6.54 Å². The van der Waals surface area contributed by atoms with Gasteiger partial charge < -0.3 is 5.32 Å². The van der Waals surface area contributed by atoms with Crippen LogP contribution >= 0.6 is 23.7 Å². The fourth-order valence-corrected chi connectivity index (χ4v) is 4.04. The third kappa shape index (κ3) is 3.05. The van der Waals surface area contributed by atoms with Gasteiger partial charge in [-0.3, -0.25) is 4.90 Å². The van der Waals surface area contributed by atoms with E-state index in [-0.39, 0.29) is 12.4 Å². The molecule has 2 aliphatic heterocycles. The van der Waals surface area contributed by atoms with E-state index in [1.54, 1.807) is 11.3 Å². The summed E-state index contributed by atoms with van der Waals surface area (Å²) in [5.74, 6) is 0. The first-order valence-corrected chi connectivity index (χ1v) is 7.46. The van der Waals surface area contributed by atoms with E-state index in [0.717, 1.165) is 30.4 Å². The average molecular weight is 288 g/mol. The van der Waals surface area contributed by atoms with Crippen LogP contribution < -0.4 is 5.32 Å². The van der Waals surface area contributed by atoms with Crippen molar-refractivity contribution in [3.8, 4) is 0 Å². The molecule has 2 saturated heterocycles. The molecular formula is C13H22ClN3S. The number of halogens is 1. The number of piperidine rings is 1. The van der Waals surface area contributed by atoms with Gasteiger partial charge in [0.15, 0.2) is 0 Å². The van der Waals surface area contributed by atoms with Gasteiger partial charge in [0, 0.05) is 29.2 Å². The van der Waals surface area contributed by atoms with Crippen LogP contribution in [0.1, 0.15) is 36.4 Å². The summed E-state index contributed by atoms with van der Waals surface area (Å²) in [6.07, 6.45) is 5.39. The Morgan fingerprint density at radius 1 is 1.39 bits per heavy atom. The molecule has 1 aromatic rings. The van der Waals surface area contributed by atoms with Crippen LogP contribution in [-0.4, -0.2) is 35.1 Å². The fourth-order valence-electron chi connectivity index (χ4n) is 3.20. The summed E-state index contributed by atoms with van der Waals surface area (Å²) < 4.78 is 0. The molecule has 2 aliphatic rings. The molecule has 3 nitrogen and oxygen atoms in total. The predicted octanol–water partition coefficient (Wildman–Crippen LogP) is 2.59. The first kappa shape index (κ1) is 14.3. The van der Waals surface area contributed by atoms with Crippen molar-refractivity contribution in [3.63, 3.8) is 0 Å². The lowest BCUT2D eigenvalue weighted by Gasteiger charge is -2.35. The Morgan fingerprint density at radius 2 is 2.06 bits per heavy atom. The number of nitrogens with zero attached hydrogens (tertiary/aromatic N) is 2. The SMILES string of the molecule is Cc1csc(CN(C)C2CC3CCC(C2)N3)n1.Cl. The summed E-state index contributed by atoms with van der Waals surface area (Å²) in [5.41, 5.74) is 1.16. The number of aryl methyl sites for hydroxylation is 1. The maximum absolute atomic E-state index is 4.56. The Labute approximate surface area is 119 Å². The number of fused-ring (bicyclic) bond motifs is 2. The van der Waals surface area contributed by atoms with Gasteiger partial charge in [0.2, 0.25) is 0 Å². The van der Waals surface area contributed by atoms with Gasteiger partial charge in [0.25, 0.3) is 0 Å². The highest BCUT2D eigenvalue weighted by molar-refractivity contribution is 7.09. The van der Waals surface area contributed by atoms with Crippen molar-refractivity contribution in [1.82, 2.24) is 15.2 Å². The summed E-state index contributed by atoms with van der Waals surface area (Å²) in [4.78, 5) is 7.06. The van der Waals surface area contributed by atoms with Gasteiger partial charge in [-0.1, -0.05) is 0 Å². The molecule has 3 rings (SSSR count). The molecule has 1 N–H and O–H groups in total. The van der Waals surface area contributed by atoms with Crippen LogP contribution in [0.25, 0.3) is 0 Å². The van der Waals surface area contributed by atoms with E-state index in [2.05, 4.69) is 34.6 Å². The summed E-state index contributed by atoms with van der Waals surface area (Å²) >= 11 is 1.79. The van der Waals surface area contributed by atoms with E-state index in [0.29, 0.717) is 0 Å². The molecule has 0 saturated carbocycles. The third-order valence-electron chi connectivity index (χ3n) is 4.12. The van der Waals surface area contributed by atoms with Crippen molar-refractivity contribution in [2.75, 3.05) is 7.05 Å². The van der Waals surface area contributed by atoms with Crippen LogP contribution in [0.4, 0.5) is 0 Å². The molecule has 1 aromatic heterocycles. The Hall–Kier alpha value is -0.160. The second kappa shape index (κ2) is 5.87. The van der Waals surface area contributed by atoms with Crippen LogP contribution in [0.5, 0.6) is 0 Å². The van der Waals surface area contributed by atoms with Crippen LogP contribution in [0, 0.1) is 6.92 Å². The number of thiazole rings is 1. The Balaban J connectivity index is 0.00000120. The van der Waals surface area contributed by atoms with Crippen LogP contribution in [0.15, 0.2) is 5.38 Å². The van der Waals surface area contributed by atoms with Gasteiger partial charge in [0.1, 0.15) is 5.01 Å². The quantitative estimate of drug-likeness (QED) is 0.926. The zero-order valence-electron chi connectivity index (χ0n) is 11.1. The van der Waals surface area contributed by atoms with E-state index < -0.39 is 0 Å². The van der Waals surface area contributed by atoms with E-state index in [1.807, 2.05) is 0 Å². The summed E-state index contributed by atoms with van der Waals surface area (Å²) in [6.45, 7) is 3.09. The van der Waals surface area contributed by atoms with Crippen molar-refractivity contribution in [2.45, 2.75) is 57.3 Å². The standard InChI is InChI=1S/C13H21N3S.ClH/c1-9-8-17-13(14-9)7-16(2)12-5-10-3-4-11(6-12)15-10;/h8,10-12,15H,3-7H2,1-2H3;1H. The molecule has 18 heavy (non-hydrogen) atoms. The highest BCUT2D eigenvalue weighted by atomic mass is 35.5. The summed E-state index contributed by atoms with van der Waals surface area (Å²) in [7, 11) is 2.26. The first-order chi connectivity index (χ1) is 8.20. The monoisotopic (exact) mass is 287 g/mol. The van der Waals surface area contributed by atoms with Crippen LogP contribution in [0.3, 0.4) is 0 Å². The second-order valence-electron chi connectivity index (χ2n) is 5.56. The van der Waals surface area contributed by atoms with Crippen LogP contribution in [0.2, 0.25) is 0 Å². The van der Waals surface area contributed by atoms with Gasteiger partial charge in [-0.25, -0.2) is 4.98 Å². The molecule has 0 aromatic carbocycles. The second-order valence-corrected chi connectivity index (χ2v) is 6.50. The number of aromatic nitrogens is 1. The van der Waals surface area contributed by atoms with E-state index in [9.17, 15) is 0 Å². The smallest absolute Gasteiger partial charge is 0.107 e. The predicted molar refractivity (Wildman–Crippen MR) is 78.5 cm³/mol. The van der Waals surface area contributed by atoms with Gasteiger partial charge >= 0.3 is 0 Å². The number of nitrogens with one attached hydrogen (secondary N) is 1. The number of hydrogen-bond acceptors (Lipinski definition) is 4. The molecule has 2 fully saturated rings. The molecule has 0 aliphatic carbocycles. The molecule has 3 heterocycles. The maximum Gasteiger partial charge on any atom is 0.107 e. The molecule has 102 valence electrons. The zero-order chi connectivity index (χ0) is 11.8. The normalized spacial score (nSPS) is 30.5. The largest absolute Gasteiger partial charge is 0.311 e. The Kier molecular flexibility index (Phi) is 4.64. The van der Waals surface area contributed by atoms with Crippen molar-refractivity contribution in [2.24, 2.45) is 0 Å². The molecule has 2 unspecified atom stereocenters. The van der Waals surface area contributed by atoms with Gasteiger partial charge in [-0.05, 0) is 39.7 Å². The van der Waals surface area contributed by atoms with E-state index >= 15 is 0 Å². The molecule has 2 atom stereocenters. The lowest BCUT2D eigenvalue weighted by Crippen LogP contribution is -2.46. The molecule has 2 bridgehead atoms. The molecule has 0 spiro atoms. The van der Waals surface area contributed by atoms with Crippen molar-refractivity contribution in [1.29, 1.82) is 0 Å². The average Bonchev–Trinajstić information content (AvgIpc) is 2.85. The van der Waals surface area contributed by atoms with Gasteiger partial charge in [0.05, 0.1) is 6.54 Å². The summed E-state index contributed by atoms with van der Waals surface area (Å²) in [6, 6.07) is 2.30. The first-order valence-electron chi connectivity index (χ1n) is 6.58.